The van der Waals surface area contributed by atoms with Crippen LogP contribution in [0, 0.1) is 0 Å². The number of hydrogen-bond acceptors (Lipinski definition) is 4. The van der Waals surface area contributed by atoms with Crippen molar-refractivity contribution in [2.45, 2.75) is 6.18 Å². The Morgan fingerprint density at radius 3 is 2.35 bits per heavy atom. The van der Waals surface area contributed by atoms with E-state index in [0.717, 1.165) is 36.7 Å². The first-order valence-electron chi connectivity index (χ1n) is 5.27. The fourth-order valence-electron chi connectivity index (χ4n) is 1.33. The molecule has 0 amide bonds. The molecule has 0 spiro atoms. The van der Waals surface area contributed by atoms with Crippen LogP contribution in [0.3, 0.4) is 0 Å². The summed E-state index contributed by atoms with van der Waals surface area (Å²) in [6.07, 6.45) is -2.24. The lowest BCUT2D eigenvalue weighted by Crippen LogP contribution is -2.04. The summed E-state index contributed by atoms with van der Waals surface area (Å²) >= 11 is 0. The van der Waals surface area contributed by atoms with Crippen molar-refractivity contribution in [3.8, 4) is 11.6 Å². The van der Waals surface area contributed by atoms with E-state index in [1.54, 1.807) is 0 Å². The van der Waals surface area contributed by atoms with Gasteiger partial charge in [-0.2, -0.15) is 13.2 Å². The quantitative estimate of drug-likeness (QED) is 0.938. The van der Waals surface area contributed by atoms with Crippen LogP contribution in [0.15, 0.2) is 36.7 Å². The van der Waals surface area contributed by atoms with E-state index in [1.165, 1.54) is 0 Å². The molecule has 1 N–H and O–H groups in total. The lowest BCUT2D eigenvalue weighted by atomic mass is 10.2. The van der Waals surface area contributed by atoms with Gasteiger partial charge in [-0.1, -0.05) is 0 Å². The average Bonchev–Trinajstić information content (AvgIpc) is 2.38. The minimum Gasteiger partial charge on any atom is -0.476 e. The highest BCUT2D eigenvalue weighted by Gasteiger charge is 2.30. The minimum absolute atomic E-state index is 0.0924. The number of carboxylic acids is 1. The van der Waals surface area contributed by atoms with Crippen molar-refractivity contribution in [3.63, 3.8) is 0 Å². The van der Waals surface area contributed by atoms with Crippen LogP contribution >= 0.6 is 0 Å². The number of alkyl halides is 3. The van der Waals surface area contributed by atoms with Gasteiger partial charge in [0.1, 0.15) is 5.75 Å². The van der Waals surface area contributed by atoms with Gasteiger partial charge < -0.3 is 9.84 Å². The summed E-state index contributed by atoms with van der Waals surface area (Å²) in [5, 5.41) is 8.72. The summed E-state index contributed by atoms with van der Waals surface area (Å²) < 4.78 is 42.2. The predicted molar refractivity (Wildman–Crippen MR) is 60.5 cm³/mol. The summed E-state index contributed by atoms with van der Waals surface area (Å²) in [5.74, 6) is -1.31. The highest BCUT2D eigenvalue weighted by atomic mass is 19.4. The smallest absolute Gasteiger partial charge is 0.416 e. The molecule has 0 atom stereocenters. The number of aromatic nitrogens is 2. The molecule has 0 unspecified atom stereocenters. The molecule has 0 aliphatic rings. The normalized spacial score (nSPS) is 11.2. The second kappa shape index (κ2) is 5.16. The molecule has 0 bridgehead atoms. The number of halogens is 3. The Labute approximate surface area is 110 Å². The van der Waals surface area contributed by atoms with E-state index in [0.29, 0.717) is 0 Å². The summed E-state index contributed by atoms with van der Waals surface area (Å²) in [6.45, 7) is 0. The molecular weight excluding hydrogens is 277 g/mol. The van der Waals surface area contributed by atoms with Crippen LogP contribution in [0.5, 0.6) is 11.6 Å². The third-order valence-corrected chi connectivity index (χ3v) is 2.24. The van der Waals surface area contributed by atoms with E-state index in [9.17, 15) is 18.0 Å². The van der Waals surface area contributed by atoms with Gasteiger partial charge in [0.05, 0.1) is 18.0 Å². The maximum atomic E-state index is 12.4. The Balaban J connectivity index is 2.18. The maximum Gasteiger partial charge on any atom is 0.416 e. The Kier molecular flexibility index (Phi) is 3.55. The maximum absolute atomic E-state index is 12.4. The fourth-order valence-corrected chi connectivity index (χ4v) is 1.33. The molecule has 2 rings (SSSR count). The van der Waals surface area contributed by atoms with E-state index in [2.05, 4.69) is 9.97 Å². The van der Waals surface area contributed by atoms with Gasteiger partial charge in [0.15, 0.2) is 5.69 Å². The fraction of sp³-hybridized carbons (Fsp3) is 0.0833. The van der Waals surface area contributed by atoms with E-state index in [-0.39, 0.29) is 17.3 Å². The van der Waals surface area contributed by atoms with Crippen LogP contribution < -0.4 is 4.74 Å². The van der Waals surface area contributed by atoms with Crippen molar-refractivity contribution in [1.82, 2.24) is 9.97 Å². The van der Waals surface area contributed by atoms with Gasteiger partial charge in [0.25, 0.3) is 0 Å². The Hall–Kier alpha value is -2.64. The second-order valence-corrected chi connectivity index (χ2v) is 3.67. The summed E-state index contributed by atoms with van der Waals surface area (Å²) in [4.78, 5) is 17.9. The standard InChI is InChI=1S/C12H7F3N2O3/c13-12(14,15)7-1-3-8(4-2-7)20-10-6-16-5-9(17-10)11(18)19/h1-6H,(H,18,19). The van der Waals surface area contributed by atoms with E-state index in [4.69, 9.17) is 9.84 Å². The van der Waals surface area contributed by atoms with E-state index in [1.807, 2.05) is 0 Å². The van der Waals surface area contributed by atoms with Gasteiger partial charge in [-0.15, -0.1) is 0 Å². The SMILES string of the molecule is O=C(O)c1cncc(Oc2ccc(C(F)(F)F)cc2)n1. The molecular formula is C12H7F3N2O3. The van der Waals surface area contributed by atoms with Crippen molar-refractivity contribution >= 4 is 5.97 Å². The zero-order valence-electron chi connectivity index (χ0n) is 9.76. The first-order chi connectivity index (χ1) is 9.36. The number of nitrogens with zero attached hydrogens (tertiary/aromatic N) is 2. The molecule has 0 aliphatic heterocycles. The summed E-state index contributed by atoms with van der Waals surface area (Å²) in [6, 6.07) is 3.92. The third-order valence-electron chi connectivity index (χ3n) is 2.24. The molecule has 5 nitrogen and oxygen atoms in total. The Morgan fingerprint density at radius 2 is 1.80 bits per heavy atom. The zero-order chi connectivity index (χ0) is 14.8. The largest absolute Gasteiger partial charge is 0.476 e. The molecule has 104 valence electrons. The van der Waals surface area contributed by atoms with Crippen molar-refractivity contribution in [3.05, 3.63) is 47.9 Å². The van der Waals surface area contributed by atoms with Crippen molar-refractivity contribution in [1.29, 1.82) is 0 Å². The minimum atomic E-state index is -4.43. The van der Waals surface area contributed by atoms with Gasteiger partial charge in [-0.25, -0.2) is 9.78 Å². The molecule has 0 aliphatic carbocycles. The van der Waals surface area contributed by atoms with Gasteiger partial charge in [-0.3, -0.25) is 4.98 Å². The molecule has 1 heterocycles. The topological polar surface area (TPSA) is 72.3 Å². The molecule has 0 saturated carbocycles. The monoisotopic (exact) mass is 284 g/mol. The second-order valence-electron chi connectivity index (χ2n) is 3.67. The first kappa shape index (κ1) is 13.8. The van der Waals surface area contributed by atoms with Gasteiger partial charge in [-0.05, 0) is 24.3 Å². The number of benzene rings is 1. The van der Waals surface area contributed by atoms with Gasteiger partial charge in [0.2, 0.25) is 5.88 Å². The first-order valence-corrected chi connectivity index (χ1v) is 5.27. The van der Waals surface area contributed by atoms with Crippen LogP contribution in [0.1, 0.15) is 16.1 Å². The number of rotatable bonds is 3. The van der Waals surface area contributed by atoms with E-state index < -0.39 is 17.7 Å². The highest BCUT2D eigenvalue weighted by Crippen LogP contribution is 2.31. The van der Waals surface area contributed by atoms with Crippen LogP contribution in [0.4, 0.5) is 13.2 Å². The van der Waals surface area contributed by atoms with Crippen LogP contribution in [0.25, 0.3) is 0 Å². The Bertz CT molecular complexity index is 627. The number of ether oxygens (including phenoxy) is 1. The summed E-state index contributed by atoms with van der Waals surface area (Å²) in [7, 11) is 0. The zero-order valence-corrected chi connectivity index (χ0v) is 9.76. The highest BCUT2D eigenvalue weighted by molar-refractivity contribution is 5.84. The number of hydrogen-bond donors (Lipinski definition) is 1. The molecule has 0 saturated heterocycles. The van der Waals surface area contributed by atoms with Crippen LogP contribution in [-0.4, -0.2) is 21.0 Å². The van der Waals surface area contributed by atoms with Crippen molar-refractivity contribution in [2.75, 3.05) is 0 Å². The third kappa shape index (κ3) is 3.22. The molecule has 1 aromatic carbocycles. The number of carboxylic acid groups (broad SMARTS) is 1. The molecule has 1 aromatic heterocycles. The number of carbonyl (C=O) groups is 1. The van der Waals surface area contributed by atoms with Crippen LogP contribution in [0.2, 0.25) is 0 Å². The average molecular weight is 284 g/mol. The van der Waals surface area contributed by atoms with E-state index >= 15 is 0 Å². The van der Waals surface area contributed by atoms with Crippen molar-refractivity contribution in [2.24, 2.45) is 0 Å². The van der Waals surface area contributed by atoms with Gasteiger partial charge >= 0.3 is 12.1 Å². The molecule has 0 fully saturated rings. The molecule has 20 heavy (non-hydrogen) atoms. The Morgan fingerprint density at radius 1 is 1.15 bits per heavy atom. The number of aromatic carboxylic acids is 1. The van der Waals surface area contributed by atoms with Crippen molar-refractivity contribution < 1.29 is 27.8 Å². The molecule has 8 heteroatoms. The predicted octanol–water partition coefficient (Wildman–Crippen LogP) is 2.99. The lowest BCUT2D eigenvalue weighted by molar-refractivity contribution is -0.137. The summed E-state index contributed by atoms with van der Waals surface area (Å²) in [5.41, 5.74) is -1.13. The van der Waals surface area contributed by atoms with Gasteiger partial charge in [0, 0.05) is 0 Å². The molecule has 2 aromatic rings. The lowest BCUT2D eigenvalue weighted by Gasteiger charge is -2.08. The molecule has 0 radical (unpaired) electrons. The van der Waals surface area contributed by atoms with Crippen LogP contribution in [-0.2, 0) is 6.18 Å².